The minimum absolute atomic E-state index is 0.0431. The Bertz CT molecular complexity index is 694. The summed E-state index contributed by atoms with van der Waals surface area (Å²) in [4.78, 5) is 0. The van der Waals surface area contributed by atoms with Gasteiger partial charge in [0.05, 0.1) is 6.61 Å². The standard InChI is InChI=1S/C27H40F2O/c1-3-5-18-6-8-19(9-7-18)20-10-11-22-17-23(13-12-21(22)16-20)24-14-15-25(30-4-2)27(29)26(24)28/h14-15,18-23H,3-13,16-17H2,1-2H3. The predicted molar refractivity (Wildman–Crippen MR) is 119 cm³/mol. The van der Waals surface area contributed by atoms with E-state index in [-0.39, 0.29) is 11.7 Å². The first-order valence-electron chi connectivity index (χ1n) is 12.7. The maximum absolute atomic E-state index is 14.7. The summed E-state index contributed by atoms with van der Waals surface area (Å²) in [5.41, 5.74) is 0.575. The molecule has 3 aliphatic rings. The SMILES string of the molecule is CCCC1CCC(C2CCC3CC(c4ccc(OCC)c(F)c4F)CCC3C2)CC1. The molecule has 3 saturated carbocycles. The van der Waals surface area contributed by atoms with Crippen LogP contribution in [0, 0.1) is 41.2 Å². The zero-order valence-electron chi connectivity index (χ0n) is 19.0. The third-order valence-electron chi connectivity index (χ3n) is 8.73. The van der Waals surface area contributed by atoms with Crippen LogP contribution in [0.1, 0.15) is 102 Å². The monoisotopic (exact) mass is 418 g/mol. The summed E-state index contributed by atoms with van der Waals surface area (Å²) in [6.45, 7) is 4.46. The fourth-order valence-corrected chi connectivity index (χ4v) is 7.12. The van der Waals surface area contributed by atoms with Crippen molar-refractivity contribution >= 4 is 0 Å². The average Bonchev–Trinajstić information content (AvgIpc) is 2.77. The first-order valence-corrected chi connectivity index (χ1v) is 12.7. The summed E-state index contributed by atoms with van der Waals surface area (Å²) < 4.78 is 34.3. The molecule has 0 heterocycles. The van der Waals surface area contributed by atoms with Gasteiger partial charge in [0.1, 0.15) is 0 Å². The summed E-state index contributed by atoms with van der Waals surface area (Å²) in [6, 6.07) is 3.39. The Morgan fingerprint density at radius 2 is 1.40 bits per heavy atom. The van der Waals surface area contributed by atoms with E-state index in [4.69, 9.17) is 4.74 Å². The number of halogens is 2. The van der Waals surface area contributed by atoms with Crippen molar-refractivity contribution in [2.75, 3.05) is 6.61 Å². The van der Waals surface area contributed by atoms with Gasteiger partial charge in [0.25, 0.3) is 0 Å². The molecule has 168 valence electrons. The summed E-state index contributed by atoms with van der Waals surface area (Å²) in [5, 5.41) is 0. The van der Waals surface area contributed by atoms with E-state index in [0.717, 1.165) is 36.5 Å². The highest BCUT2D eigenvalue weighted by atomic mass is 19.2. The molecular weight excluding hydrogens is 378 g/mol. The molecule has 4 atom stereocenters. The van der Waals surface area contributed by atoms with Crippen molar-refractivity contribution in [3.05, 3.63) is 29.3 Å². The Morgan fingerprint density at radius 3 is 2.10 bits per heavy atom. The molecule has 1 aromatic rings. The lowest BCUT2D eigenvalue weighted by molar-refractivity contribution is 0.0707. The summed E-state index contributed by atoms with van der Waals surface area (Å²) >= 11 is 0. The fourth-order valence-electron chi connectivity index (χ4n) is 7.12. The fraction of sp³-hybridized carbons (Fsp3) is 0.778. The van der Waals surface area contributed by atoms with E-state index >= 15 is 0 Å². The molecule has 3 heteroatoms. The first kappa shape index (κ1) is 22.1. The minimum atomic E-state index is -0.807. The number of fused-ring (bicyclic) bond motifs is 1. The van der Waals surface area contributed by atoms with Gasteiger partial charge in [0, 0.05) is 0 Å². The van der Waals surface area contributed by atoms with Crippen molar-refractivity contribution < 1.29 is 13.5 Å². The van der Waals surface area contributed by atoms with Crippen LogP contribution in [0.4, 0.5) is 8.78 Å². The smallest absolute Gasteiger partial charge is 0.200 e. The molecule has 1 aromatic carbocycles. The highest BCUT2D eigenvalue weighted by molar-refractivity contribution is 5.33. The lowest BCUT2D eigenvalue weighted by Crippen LogP contribution is -2.34. The number of hydrogen-bond donors (Lipinski definition) is 0. The second kappa shape index (κ2) is 10.0. The van der Waals surface area contributed by atoms with Gasteiger partial charge in [0.15, 0.2) is 11.6 Å². The Balaban J connectivity index is 1.33. The Morgan fingerprint density at radius 1 is 0.767 bits per heavy atom. The van der Waals surface area contributed by atoms with Crippen LogP contribution in [0.15, 0.2) is 12.1 Å². The maximum Gasteiger partial charge on any atom is 0.200 e. The molecule has 0 saturated heterocycles. The molecular formula is C27H40F2O. The van der Waals surface area contributed by atoms with Gasteiger partial charge in [-0.2, -0.15) is 4.39 Å². The van der Waals surface area contributed by atoms with Gasteiger partial charge in [0.2, 0.25) is 5.82 Å². The van der Waals surface area contributed by atoms with Crippen LogP contribution in [0.25, 0.3) is 0 Å². The van der Waals surface area contributed by atoms with Crippen molar-refractivity contribution in [2.24, 2.45) is 29.6 Å². The van der Waals surface area contributed by atoms with E-state index in [2.05, 4.69) is 6.92 Å². The number of rotatable bonds is 6. The van der Waals surface area contributed by atoms with Gasteiger partial charge in [-0.05, 0) is 105 Å². The molecule has 3 aliphatic carbocycles. The zero-order chi connectivity index (χ0) is 21.1. The van der Waals surface area contributed by atoms with Crippen LogP contribution in [-0.2, 0) is 0 Å². The van der Waals surface area contributed by atoms with Crippen molar-refractivity contribution in [3.63, 3.8) is 0 Å². The summed E-state index contributed by atoms with van der Waals surface area (Å²) in [6.07, 6.45) is 15.8. The molecule has 0 N–H and O–H groups in total. The minimum Gasteiger partial charge on any atom is -0.491 e. The Hall–Kier alpha value is -1.12. The molecule has 1 nitrogen and oxygen atoms in total. The van der Waals surface area contributed by atoms with Gasteiger partial charge in [-0.1, -0.05) is 38.7 Å². The van der Waals surface area contributed by atoms with Crippen molar-refractivity contribution in [3.8, 4) is 5.75 Å². The second-order valence-electron chi connectivity index (χ2n) is 10.4. The largest absolute Gasteiger partial charge is 0.491 e. The van der Waals surface area contributed by atoms with Gasteiger partial charge < -0.3 is 4.74 Å². The van der Waals surface area contributed by atoms with Gasteiger partial charge >= 0.3 is 0 Å². The highest BCUT2D eigenvalue weighted by Gasteiger charge is 2.39. The van der Waals surface area contributed by atoms with Crippen molar-refractivity contribution in [1.29, 1.82) is 0 Å². The number of ether oxygens (including phenoxy) is 1. The van der Waals surface area contributed by atoms with Crippen LogP contribution < -0.4 is 4.74 Å². The van der Waals surface area contributed by atoms with Crippen LogP contribution >= 0.6 is 0 Å². The Kier molecular flexibility index (Phi) is 7.36. The summed E-state index contributed by atoms with van der Waals surface area (Å²) in [7, 11) is 0. The van der Waals surface area contributed by atoms with Crippen LogP contribution in [0.5, 0.6) is 5.75 Å². The Labute approximate surface area is 182 Å². The van der Waals surface area contributed by atoms with Crippen molar-refractivity contribution in [2.45, 2.75) is 96.8 Å². The third-order valence-corrected chi connectivity index (χ3v) is 8.73. The van der Waals surface area contributed by atoms with E-state index in [1.807, 2.05) is 0 Å². The molecule has 0 spiro atoms. The van der Waals surface area contributed by atoms with Gasteiger partial charge in [-0.3, -0.25) is 0 Å². The molecule has 0 aromatic heterocycles. The second-order valence-corrected chi connectivity index (χ2v) is 10.4. The average molecular weight is 419 g/mol. The zero-order valence-corrected chi connectivity index (χ0v) is 19.0. The molecule has 0 bridgehead atoms. The molecule has 0 radical (unpaired) electrons. The van der Waals surface area contributed by atoms with E-state index in [9.17, 15) is 8.78 Å². The third kappa shape index (κ3) is 4.70. The predicted octanol–water partition coefficient (Wildman–Crippen LogP) is 8.27. The van der Waals surface area contributed by atoms with E-state index in [0.29, 0.717) is 18.1 Å². The highest BCUT2D eigenvalue weighted by Crippen LogP contribution is 2.51. The molecule has 3 fully saturated rings. The van der Waals surface area contributed by atoms with Gasteiger partial charge in [-0.15, -0.1) is 0 Å². The van der Waals surface area contributed by atoms with Crippen LogP contribution in [-0.4, -0.2) is 6.61 Å². The van der Waals surface area contributed by atoms with Crippen molar-refractivity contribution in [1.82, 2.24) is 0 Å². The van der Waals surface area contributed by atoms with E-state index < -0.39 is 11.6 Å². The topological polar surface area (TPSA) is 9.23 Å². The molecule has 4 rings (SSSR count). The lowest BCUT2D eigenvalue weighted by Gasteiger charge is -2.45. The molecule has 30 heavy (non-hydrogen) atoms. The van der Waals surface area contributed by atoms with E-state index in [1.165, 1.54) is 64.2 Å². The molecule has 0 aliphatic heterocycles. The number of benzene rings is 1. The normalized spacial score (nSPS) is 34.4. The molecule has 4 unspecified atom stereocenters. The van der Waals surface area contributed by atoms with Gasteiger partial charge in [-0.25, -0.2) is 4.39 Å². The maximum atomic E-state index is 14.7. The van der Waals surface area contributed by atoms with Crippen LogP contribution in [0.2, 0.25) is 0 Å². The van der Waals surface area contributed by atoms with E-state index in [1.54, 1.807) is 19.1 Å². The quantitative estimate of drug-likeness (QED) is 0.452. The first-order chi connectivity index (χ1) is 14.6. The molecule has 0 amide bonds. The number of hydrogen-bond acceptors (Lipinski definition) is 1. The summed E-state index contributed by atoms with van der Waals surface area (Å²) in [5.74, 6) is 3.09. The van der Waals surface area contributed by atoms with Crippen LogP contribution in [0.3, 0.4) is 0 Å². The lowest BCUT2D eigenvalue weighted by atomic mass is 9.60.